The zero-order valence-electron chi connectivity index (χ0n) is 7.73. The van der Waals surface area contributed by atoms with Gasteiger partial charge in [-0.1, -0.05) is 0 Å². The summed E-state index contributed by atoms with van der Waals surface area (Å²) in [6.07, 6.45) is 1.62. The van der Waals surface area contributed by atoms with E-state index in [1.807, 2.05) is 0 Å². The second-order valence-electron chi connectivity index (χ2n) is 3.40. The fourth-order valence-electron chi connectivity index (χ4n) is 1.18. The minimum atomic E-state index is -0.639. The summed E-state index contributed by atoms with van der Waals surface area (Å²) >= 11 is 0. The maximum absolute atomic E-state index is 11.5. The summed E-state index contributed by atoms with van der Waals surface area (Å²) in [5, 5.41) is 0. The van der Waals surface area contributed by atoms with Gasteiger partial charge in [-0.3, -0.25) is 14.4 Å². The highest BCUT2D eigenvalue weighted by molar-refractivity contribution is 5.90. The van der Waals surface area contributed by atoms with Crippen molar-refractivity contribution < 1.29 is 14.4 Å². The van der Waals surface area contributed by atoms with Gasteiger partial charge in [-0.2, -0.15) is 0 Å². The molecule has 0 bridgehead atoms. The molecule has 3 amide bonds. The number of rotatable bonds is 5. The van der Waals surface area contributed by atoms with Crippen LogP contribution in [0.25, 0.3) is 0 Å². The standard InChI is InChI=1S/C8H13N3O3/c9-6(12)3-11(4-7(10)13)8(14)5-1-2-5/h5H,1-4H2,(H2,9,12)(H2,10,13). The zero-order chi connectivity index (χ0) is 10.7. The molecule has 0 aromatic rings. The number of hydrogen-bond acceptors (Lipinski definition) is 3. The van der Waals surface area contributed by atoms with Crippen LogP contribution in [0.15, 0.2) is 0 Å². The summed E-state index contributed by atoms with van der Waals surface area (Å²) in [4.78, 5) is 33.8. The Kier molecular flexibility index (Phi) is 3.06. The molecule has 1 saturated carbocycles. The number of nitrogens with zero attached hydrogens (tertiary/aromatic N) is 1. The summed E-state index contributed by atoms with van der Waals surface area (Å²) in [6.45, 7) is -0.476. The average Bonchev–Trinajstić information content (AvgIpc) is 2.82. The van der Waals surface area contributed by atoms with Gasteiger partial charge < -0.3 is 16.4 Å². The molecule has 0 heterocycles. The first kappa shape index (κ1) is 10.5. The van der Waals surface area contributed by atoms with Crippen molar-refractivity contribution >= 4 is 17.7 Å². The molecule has 1 rings (SSSR count). The Bertz CT molecular complexity index is 257. The van der Waals surface area contributed by atoms with Crippen molar-refractivity contribution in [2.45, 2.75) is 12.8 Å². The van der Waals surface area contributed by atoms with Crippen LogP contribution >= 0.6 is 0 Å². The van der Waals surface area contributed by atoms with Gasteiger partial charge in [0.05, 0.1) is 13.1 Å². The third kappa shape index (κ3) is 3.04. The third-order valence-corrected chi connectivity index (χ3v) is 1.93. The average molecular weight is 199 g/mol. The number of primary amides is 2. The van der Waals surface area contributed by atoms with Crippen LogP contribution < -0.4 is 11.5 Å². The van der Waals surface area contributed by atoms with E-state index in [0.29, 0.717) is 0 Å². The summed E-state index contributed by atoms with van der Waals surface area (Å²) in [5.74, 6) is -1.53. The molecule has 78 valence electrons. The predicted molar refractivity (Wildman–Crippen MR) is 47.7 cm³/mol. The van der Waals surface area contributed by atoms with Gasteiger partial charge in [-0.25, -0.2) is 0 Å². The molecular formula is C8H13N3O3. The first-order valence-electron chi connectivity index (χ1n) is 4.36. The lowest BCUT2D eigenvalue weighted by atomic mass is 10.3. The maximum atomic E-state index is 11.5. The van der Waals surface area contributed by atoms with E-state index in [0.717, 1.165) is 17.7 Å². The molecule has 6 nitrogen and oxygen atoms in total. The monoisotopic (exact) mass is 199 g/mol. The molecular weight excluding hydrogens is 186 g/mol. The van der Waals surface area contributed by atoms with Crippen LogP contribution in [0.2, 0.25) is 0 Å². The van der Waals surface area contributed by atoms with Crippen LogP contribution in [0.4, 0.5) is 0 Å². The largest absolute Gasteiger partial charge is 0.368 e. The van der Waals surface area contributed by atoms with E-state index < -0.39 is 11.8 Å². The van der Waals surface area contributed by atoms with Crippen molar-refractivity contribution in [2.75, 3.05) is 13.1 Å². The van der Waals surface area contributed by atoms with Crippen molar-refractivity contribution in [3.63, 3.8) is 0 Å². The van der Waals surface area contributed by atoms with Crippen LogP contribution in [-0.2, 0) is 14.4 Å². The van der Waals surface area contributed by atoms with Gasteiger partial charge >= 0.3 is 0 Å². The van der Waals surface area contributed by atoms with E-state index in [4.69, 9.17) is 11.5 Å². The summed E-state index contributed by atoms with van der Waals surface area (Å²) in [5.41, 5.74) is 9.88. The lowest BCUT2D eigenvalue weighted by Crippen LogP contribution is -2.43. The fourth-order valence-corrected chi connectivity index (χ4v) is 1.18. The first-order valence-corrected chi connectivity index (χ1v) is 4.36. The number of nitrogens with two attached hydrogens (primary N) is 2. The van der Waals surface area contributed by atoms with E-state index in [2.05, 4.69) is 0 Å². The first-order chi connectivity index (χ1) is 6.50. The number of hydrogen-bond donors (Lipinski definition) is 2. The quantitative estimate of drug-likeness (QED) is 0.545. The highest BCUT2D eigenvalue weighted by Gasteiger charge is 2.34. The fraction of sp³-hybridized carbons (Fsp3) is 0.625. The van der Waals surface area contributed by atoms with Crippen molar-refractivity contribution in [2.24, 2.45) is 17.4 Å². The molecule has 0 unspecified atom stereocenters. The molecule has 1 aliphatic carbocycles. The minimum Gasteiger partial charge on any atom is -0.368 e. The minimum absolute atomic E-state index is 0.0475. The van der Waals surface area contributed by atoms with Gasteiger partial charge in [0.15, 0.2) is 0 Å². The molecule has 0 aromatic heterocycles. The Balaban J connectivity index is 2.54. The topological polar surface area (TPSA) is 106 Å². The van der Waals surface area contributed by atoms with Crippen molar-refractivity contribution in [3.05, 3.63) is 0 Å². The Morgan fingerprint density at radius 3 is 1.79 bits per heavy atom. The van der Waals surface area contributed by atoms with Crippen molar-refractivity contribution in [1.82, 2.24) is 4.90 Å². The van der Waals surface area contributed by atoms with Crippen LogP contribution in [0.3, 0.4) is 0 Å². The molecule has 6 heteroatoms. The molecule has 1 fully saturated rings. The molecule has 0 aromatic carbocycles. The second-order valence-corrected chi connectivity index (χ2v) is 3.40. The molecule has 0 saturated heterocycles. The lowest BCUT2D eigenvalue weighted by molar-refractivity contribution is -0.139. The molecule has 0 atom stereocenters. The molecule has 14 heavy (non-hydrogen) atoms. The van der Waals surface area contributed by atoms with Gasteiger partial charge in [0.2, 0.25) is 17.7 Å². The van der Waals surface area contributed by atoms with E-state index in [1.165, 1.54) is 0 Å². The zero-order valence-corrected chi connectivity index (χ0v) is 7.73. The van der Waals surface area contributed by atoms with Crippen LogP contribution in [0.1, 0.15) is 12.8 Å². The van der Waals surface area contributed by atoms with E-state index in [1.54, 1.807) is 0 Å². The van der Waals surface area contributed by atoms with Gasteiger partial charge in [0.1, 0.15) is 0 Å². The van der Waals surface area contributed by atoms with Crippen LogP contribution in [0, 0.1) is 5.92 Å². The van der Waals surface area contributed by atoms with Crippen molar-refractivity contribution in [3.8, 4) is 0 Å². The molecule has 0 radical (unpaired) electrons. The van der Waals surface area contributed by atoms with Gasteiger partial charge in [0, 0.05) is 5.92 Å². The smallest absolute Gasteiger partial charge is 0.237 e. The summed E-state index contributed by atoms with van der Waals surface area (Å²) in [7, 11) is 0. The van der Waals surface area contributed by atoms with E-state index >= 15 is 0 Å². The van der Waals surface area contributed by atoms with Gasteiger partial charge in [-0.15, -0.1) is 0 Å². The normalized spacial score (nSPS) is 14.9. The molecule has 0 aliphatic heterocycles. The third-order valence-electron chi connectivity index (χ3n) is 1.93. The predicted octanol–water partition coefficient (Wildman–Crippen LogP) is -1.80. The van der Waals surface area contributed by atoms with Gasteiger partial charge in [0.25, 0.3) is 0 Å². The lowest BCUT2D eigenvalue weighted by Gasteiger charge is -2.18. The molecule has 4 N–H and O–H groups in total. The maximum Gasteiger partial charge on any atom is 0.237 e. The molecule has 1 aliphatic rings. The van der Waals surface area contributed by atoms with Gasteiger partial charge in [-0.05, 0) is 12.8 Å². The van der Waals surface area contributed by atoms with E-state index in [9.17, 15) is 14.4 Å². The molecule has 0 spiro atoms. The second kappa shape index (κ2) is 4.08. The highest BCUT2D eigenvalue weighted by atomic mass is 16.2. The number of carbonyl (C=O) groups is 3. The summed E-state index contributed by atoms with van der Waals surface area (Å²) in [6, 6.07) is 0. The SMILES string of the molecule is NC(=O)CN(CC(N)=O)C(=O)C1CC1. The Morgan fingerprint density at radius 2 is 1.50 bits per heavy atom. The van der Waals surface area contributed by atoms with E-state index in [-0.39, 0.29) is 24.9 Å². The Hall–Kier alpha value is -1.59. The Labute approximate surface area is 81.2 Å². The van der Waals surface area contributed by atoms with Crippen LogP contribution in [0.5, 0.6) is 0 Å². The van der Waals surface area contributed by atoms with Crippen LogP contribution in [-0.4, -0.2) is 35.7 Å². The van der Waals surface area contributed by atoms with Crippen molar-refractivity contribution in [1.29, 1.82) is 0 Å². The number of carbonyl (C=O) groups excluding carboxylic acids is 3. The summed E-state index contributed by atoms with van der Waals surface area (Å²) < 4.78 is 0. The Morgan fingerprint density at radius 1 is 1.07 bits per heavy atom. The highest BCUT2D eigenvalue weighted by Crippen LogP contribution is 2.30. The number of amides is 3.